The van der Waals surface area contributed by atoms with Gasteiger partial charge in [-0.25, -0.2) is 4.98 Å². The lowest BCUT2D eigenvalue weighted by Gasteiger charge is -2.07. The summed E-state index contributed by atoms with van der Waals surface area (Å²) in [5.41, 5.74) is 2.07. The summed E-state index contributed by atoms with van der Waals surface area (Å²) in [4.78, 5) is 8.69. The number of aryl methyl sites for hydroxylation is 2. The van der Waals surface area contributed by atoms with Gasteiger partial charge in [0.1, 0.15) is 0 Å². The number of ether oxygens (including phenoxy) is 1. The fraction of sp³-hybridized carbons (Fsp3) is 0.533. The lowest BCUT2D eigenvalue weighted by atomic mass is 10.2. The van der Waals surface area contributed by atoms with Gasteiger partial charge in [0.2, 0.25) is 0 Å². The smallest absolute Gasteiger partial charge is 0.322 e. The standard InChI is InChI=1S/C15H21N5O/c1-3-6-20-10-14(9-18-20)21-15-17-8-12(11(2)19-15)7-16-13-4-5-13/h8-10,13,16H,3-7H2,1-2H3. The molecular formula is C15H21N5O. The molecule has 0 saturated heterocycles. The first-order chi connectivity index (χ1) is 10.2. The molecule has 0 atom stereocenters. The Morgan fingerprint density at radius 3 is 2.95 bits per heavy atom. The Kier molecular flexibility index (Phi) is 4.15. The van der Waals surface area contributed by atoms with E-state index in [1.54, 1.807) is 6.20 Å². The van der Waals surface area contributed by atoms with Crippen LogP contribution in [0.2, 0.25) is 0 Å². The Labute approximate surface area is 124 Å². The number of hydrogen-bond donors (Lipinski definition) is 1. The van der Waals surface area contributed by atoms with E-state index in [9.17, 15) is 0 Å². The number of nitrogens with one attached hydrogen (secondary N) is 1. The molecule has 1 fully saturated rings. The lowest BCUT2D eigenvalue weighted by Crippen LogP contribution is -2.16. The van der Waals surface area contributed by atoms with Gasteiger partial charge in [-0.1, -0.05) is 6.92 Å². The second-order valence-electron chi connectivity index (χ2n) is 5.46. The molecule has 2 aromatic heterocycles. The van der Waals surface area contributed by atoms with Crippen molar-refractivity contribution in [3.05, 3.63) is 29.8 Å². The highest BCUT2D eigenvalue weighted by Crippen LogP contribution is 2.21. The number of nitrogens with zero attached hydrogens (tertiary/aromatic N) is 4. The molecule has 0 aliphatic heterocycles. The highest BCUT2D eigenvalue weighted by Gasteiger charge is 2.20. The van der Waals surface area contributed by atoms with Crippen LogP contribution in [0.5, 0.6) is 11.8 Å². The SMILES string of the molecule is CCCn1cc(Oc2ncc(CNC3CC3)c(C)n2)cn1. The first kappa shape index (κ1) is 14.0. The minimum absolute atomic E-state index is 0.374. The molecule has 0 radical (unpaired) electrons. The Balaban J connectivity index is 1.62. The average Bonchev–Trinajstić information content (AvgIpc) is 3.19. The molecule has 1 N–H and O–H groups in total. The van der Waals surface area contributed by atoms with Gasteiger partial charge in [-0.15, -0.1) is 0 Å². The van der Waals surface area contributed by atoms with E-state index in [2.05, 4.69) is 27.3 Å². The largest absolute Gasteiger partial charge is 0.421 e. The Hall–Kier alpha value is -1.95. The highest BCUT2D eigenvalue weighted by molar-refractivity contribution is 5.22. The highest BCUT2D eigenvalue weighted by atomic mass is 16.5. The maximum Gasteiger partial charge on any atom is 0.322 e. The second kappa shape index (κ2) is 6.22. The molecule has 2 aromatic rings. The zero-order valence-electron chi connectivity index (χ0n) is 12.5. The van der Waals surface area contributed by atoms with Gasteiger partial charge >= 0.3 is 6.01 Å². The third-order valence-corrected chi connectivity index (χ3v) is 3.49. The molecule has 0 amide bonds. The lowest BCUT2D eigenvalue weighted by molar-refractivity contribution is 0.437. The van der Waals surface area contributed by atoms with Crippen LogP contribution in [0, 0.1) is 6.92 Å². The topological polar surface area (TPSA) is 64.9 Å². The Morgan fingerprint density at radius 2 is 2.24 bits per heavy atom. The van der Waals surface area contributed by atoms with Crippen LogP contribution >= 0.6 is 0 Å². The van der Waals surface area contributed by atoms with Gasteiger partial charge in [0.05, 0.1) is 12.4 Å². The average molecular weight is 287 g/mol. The van der Waals surface area contributed by atoms with Crippen LogP contribution in [0.3, 0.4) is 0 Å². The van der Waals surface area contributed by atoms with Crippen LogP contribution in [0.4, 0.5) is 0 Å². The maximum atomic E-state index is 5.65. The van der Waals surface area contributed by atoms with E-state index in [0.29, 0.717) is 17.8 Å². The van der Waals surface area contributed by atoms with E-state index < -0.39 is 0 Å². The van der Waals surface area contributed by atoms with Crippen LogP contribution in [-0.4, -0.2) is 25.8 Å². The molecule has 112 valence electrons. The second-order valence-corrected chi connectivity index (χ2v) is 5.46. The molecule has 1 aliphatic carbocycles. The van der Waals surface area contributed by atoms with Gasteiger partial charge in [-0.05, 0) is 26.2 Å². The summed E-state index contributed by atoms with van der Waals surface area (Å²) in [7, 11) is 0. The van der Waals surface area contributed by atoms with Crippen molar-refractivity contribution in [3.63, 3.8) is 0 Å². The quantitative estimate of drug-likeness (QED) is 0.847. The predicted molar refractivity (Wildman–Crippen MR) is 79.2 cm³/mol. The Morgan fingerprint density at radius 1 is 1.38 bits per heavy atom. The van der Waals surface area contributed by atoms with Crippen molar-refractivity contribution in [2.75, 3.05) is 0 Å². The summed E-state index contributed by atoms with van der Waals surface area (Å²) < 4.78 is 7.51. The van der Waals surface area contributed by atoms with Crippen molar-refractivity contribution in [3.8, 4) is 11.8 Å². The molecule has 21 heavy (non-hydrogen) atoms. The molecule has 0 spiro atoms. The van der Waals surface area contributed by atoms with Crippen LogP contribution in [0.25, 0.3) is 0 Å². The molecule has 3 rings (SSSR count). The van der Waals surface area contributed by atoms with E-state index in [0.717, 1.165) is 30.8 Å². The number of hydrogen-bond acceptors (Lipinski definition) is 5. The summed E-state index contributed by atoms with van der Waals surface area (Å²) in [6, 6.07) is 1.06. The fourth-order valence-electron chi connectivity index (χ4n) is 2.09. The van der Waals surface area contributed by atoms with Crippen LogP contribution in [0.15, 0.2) is 18.6 Å². The summed E-state index contributed by atoms with van der Waals surface area (Å²) in [5.74, 6) is 0.673. The molecular weight excluding hydrogens is 266 g/mol. The Bertz CT molecular complexity index is 606. The van der Waals surface area contributed by atoms with Crippen molar-refractivity contribution in [2.24, 2.45) is 0 Å². The fourth-order valence-corrected chi connectivity index (χ4v) is 2.09. The van der Waals surface area contributed by atoms with Gasteiger partial charge in [0.15, 0.2) is 5.75 Å². The maximum absolute atomic E-state index is 5.65. The number of aromatic nitrogens is 4. The summed E-state index contributed by atoms with van der Waals surface area (Å²) in [6.07, 6.45) is 9.00. The van der Waals surface area contributed by atoms with Gasteiger partial charge in [0, 0.05) is 36.6 Å². The zero-order valence-corrected chi connectivity index (χ0v) is 12.5. The number of rotatable bonds is 7. The third kappa shape index (κ3) is 3.78. The minimum Gasteiger partial charge on any atom is -0.421 e. The summed E-state index contributed by atoms with van der Waals surface area (Å²) in [5, 5.41) is 7.69. The van der Waals surface area contributed by atoms with Crippen molar-refractivity contribution in [2.45, 2.75) is 52.2 Å². The van der Waals surface area contributed by atoms with Gasteiger partial charge in [-0.2, -0.15) is 10.1 Å². The van der Waals surface area contributed by atoms with E-state index in [1.807, 2.05) is 24.0 Å². The first-order valence-electron chi connectivity index (χ1n) is 7.51. The van der Waals surface area contributed by atoms with Crippen LogP contribution in [-0.2, 0) is 13.1 Å². The van der Waals surface area contributed by atoms with Crippen molar-refractivity contribution in [1.82, 2.24) is 25.1 Å². The molecule has 1 aliphatic rings. The van der Waals surface area contributed by atoms with Crippen molar-refractivity contribution in [1.29, 1.82) is 0 Å². The van der Waals surface area contributed by atoms with Gasteiger partial charge < -0.3 is 10.1 Å². The normalized spacial score (nSPS) is 14.4. The van der Waals surface area contributed by atoms with E-state index in [4.69, 9.17) is 4.74 Å². The van der Waals surface area contributed by atoms with Crippen molar-refractivity contribution < 1.29 is 4.74 Å². The van der Waals surface area contributed by atoms with Gasteiger partial charge in [0.25, 0.3) is 0 Å². The van der Waals surface area contributed by atoms with Crippen LogP contribution in [0.1, 0.15) is 37.4 Å². The molecule has 0 unspecified atom stereocenters. The predicted octanol–water partition coefficient (Wildman–Crippen LogP) is 2.44. The molecule has 0 aromatic carbocycles. The molecule has 1 saturated carbocycles. The monoisotopic (exact) mass is 287 g/mol. The molecule has 6 heteroatoms. The molecule has 6 nitrogen and oxygen atoms in total. The van der Waals surface area contributed by atoms with Crippen molar-refractivity contribution >= 4 is 0 Å². The first-order valence-corrected chi connectivity index (χ1v) is 7.51. The van der Waals surface area contributed by atoms with E-state index in [-0.39, 0.29) is 0 Å². The molecule has 2 heterocycles. The zero-order chi connectivity index (χ0) is 14.7. The van der Waals surface area contributed by atoms with Crippen LogP contribution < -0.4 is 10.1 Å². The minimum atomic E-state index is 0.374. The third-order valence-electron chi connectivity index (χ3n) is 3.49. The summed E-state index contributed by atoms with van der Waals surface area (Å²) in [6.45, 7) is 5.81. The van der Waals surface area contributed by atoms with E-state index >= 15 is 0 Å². The summed E-state index contributed by atoms with van der Waals surface area (Å²) >= 11 is 0. The molecule has 0 bridgehead atoms. The van der Waals surface area contributed by atoms with E-state index in [1.165, 1.54) is 12.8 Å². The van der Waals surface area contributed by atoms with Gasteiger partial charge in [-0.3, -0.25) is 4.68 Å².